The molecular formula is C9H9BrN2O. The van der Waals surface area contributed by atoms with Crippen LogP contribution < -0.4 is 0 Å². The van der Waals surface area contributed by atoms with Gasteiger partial charge in [0.25, 0.3) is 0 Å². The number of benzene rings is 1. The molecule has 1 rings (SSSR count). The molecule has 4 heteroatoms. The van der Waals surface area contributed by atoms with Crippen molar-refractivity contribution in [3.63, 3.8) is 0 Å². The van der Waals surface area contributed by atoms with E-state index < -0.39 is 0 Å². The van der Waals surface area contributed by atoms with Crippen LogP contribution in [0.1, 0.15) is 0 Å². The van der Waals surface area contributed by atoms with Crippen molar-refractivity contribution in [2.75, 3.05) is 0 Å². The van der Waals surface area contributed by atoms with Crippen LogP contribution in [0, 0.1) is 0 Å². The van der Waals surface area contributed by atoms with E-state index >= 15 is 0 Å². The van der Waals surface area contributed by atoms with E-state index in [0.29, 0.717) is 0 Å². The Bertz CT molecular complexity index is 287. The van der Waals surface area contributed by atoms with Gasteiger partial charge in [-0.15, -0.1) is 5.11 Å². The van der Waals surface area contributed by atoms with Gasteiger partial charge in [-0.1, -0.05) is 24.8 Å². The van der Waals surface area contributed by atoms with Crippen LogP contribution in [0.2, 0.25) is 0 Å². The van der Waals surface area contributed by atoms with Crippen LogP contribution >= 0.6 is 15.9 Å². The molecule has 3 nitrogen and oxygen atoms in total. The molecule has 0 saturated heterocycles. The second kappa shape index (κ2) is 5.48. The summed E-state index contributed by atoms with van der Waals surface area (Å²) >= 11 is 3.16. The Morgan fingerprint density at radius 3 is 2.69 bits per heavy atom. The summed E-state index contributed by atoms with van der Waals surface area (Å²) in [5.41, 5.74) is 0.756. The fraction of sp³-hybridized carbons (Fsp3) is 0.111. The van der Waals surface area contributed by atoms with Gasteiger partial charge in [0, 0.05) is 5.28 Å². The number of nitrogens with zero attached hydrogens (tertiary/aromatic N) is 2. The molecule has 0 spiro atoms. The predicted octanol–water partition coefficient (Wildman–Crippen LogP) is 3.61. The van der Waals surface area contributed by atoms with Crippen molar-refractivity contribution in [1.82, 2.24) is 0 Å². The molecule has 68 valence electrons. The highest BCUT2D eigenvalue weighted by molar-refractivity contribution is 9.09. The third-order valence-corrected chi connectivity index (χ3v) is 1.79. The molecule has 1 unspecified atom stereocenters. The summed E-state index contributed by atoms with van der Waals surface area (Å²) in [5.74, 6) is 0. The fourth-order valence-electron chi connectivity index (χ4n) is 0.653. The zero-order chi connectivity index (χ0) is 9.52. The summed E-state index contributed by atoms with van der Waals surface area (Å²) in [5, 5.41) is 7.05. The third-order valence-electron chi connectivity index (χ3n) is 1.25. The molecule has 0 fully saturated rings. The van der Waals surface area contributed by atoms with Gasteiger partial charge >= 0.3 is 0 Å². The van der Waals surface area contributed by atoms with Gasteiger partial charge in [0.05, 0.1) is 5.69 Å². The van der Waals surface area contributed by atoms with E-state index in [1.165, 1.54) is 0 Å². The van der Waals surface area contributed by atoms with E-state index in [1.807, 2.05) is 30.3 Å². The Morgan fingerprint density at radius 2 is 2.08 bits per heavy atom. The van der Waals surface area contributed by atoms with Gasteiger partial charge in [0.2, 0.25) is 5.01 Å². The average molecular weight is 241 g/mol. The maximum Gasteiger partial charge on any atom is 0.201 e. The summed E-state index contributed by atoms with van der Waals surface area (Å²) in [6, 6.07) is 9.35. The highest BCUT2D eigenvalue weighted by Crippen LogP contribution is 2.11. The largest absolute Gasteiger partial charge is 0.360 e. The van der Waals surface area contributed by atoms with Crippen molar-refractivity contribution >= 4 is 21.6 Å². The molecule has 0 aliphatic carbocycles. The normalized spacial score (nSPS) is 12.7. The number of hydrogen-bond donors (Lipinski definition) is 0. The smallest absolute Gasteiger partial charge is 0.201 e. The maximum atomic E-state index is 4.85. The van der Waals surface area contributed by atoms with Crippen molar-refractivity contribution in [3.05, 3.63) is 43.0 Å². The van der Waals surface area contributed by atoms with Gasteiger partial charge in [0.1, 0.15) is 0 Å². The Kier molecular flexibility index (Phi) is 4.18. The quantitative estimate of drug-likeness (QED) is 0.343. The second-order valence-corrected chi connectivity index (χ2v) is 3.11. The van der Waals surface area contributed by atoms with E-state index in [1.54, 1.807) is 6.08 Å². The predicted molar refractivity (Wildman–Crippen MR) is 55.0 cm³/mol. The summed E-state index contributed by atoms with van der Waals surface area (Å²) in [6.07, 6.45) is 1.57. The van der Waals surface area contributed by atoms with E-state index in [-0.39, 0.29) is 5.01 Å². The Balaban J connectivity index is 2.45. The molecule has 0 bridgehead atoms. The lowest BCUT2D eigenvalue weighted by Gasteiger charge is -1.97. The summed E-state index contributed by atoms with van der Waals surface area (Å²) in [4.78, 5) is 4.85. The molecule has 0 aromatic heterocycles. The van der Waals surface area contributed by atoms with Crippen molar-refractivity contribution < 1.29 is 4.84 Å². The van der Waals surface area contributed by atoms with Gasteiger partial charge in [-0.05, 0) is 34.1 Å². The topological polar surface area (TPSA) is 34.0 Å². The molecule has 1 atom stereocenters. The first-order valence-electron chi connectivity index (χ1n) is 3.71. The minimum atomic E-state index is -0.292. The SMILES string of the molecule is C=CC(Br)ON=Nc1ccccc1. The van der Waals surface area contributed by atoms with Gasteiger partial charge < -0.3 is 4.84 Å². The molecule has 0 N–H and O–H groups in total. The van der Waals surface area contributed by atoms with Gasteiger partial charge in [-0.3, -0.25) is 0 Å². The van der Waals surface area contributed by atoms with Gasteiger partial charge in [-0.25, -0.2) is 0 Å². The fourth-order valence-corrected chi connectivity index (χ4v) is 0.728. The molecule has 1 aromatic rings. The maximum absolute atomic E-state index is 4.85. The molecule has 0 radical (unpaired) electrons. The zero-order valence-electron chi connectivity index (χ0n) is 6.93. The molecule has 13 heavy (non-hydrogen) atoms. The highest BCUT2D eigenvalue weighted by atomic mass is 79.9. The van der Waals surface area contributed by atoms with E-state index in [0.717, 1.165) is 5.69 Å². The van der Waals surface area contributed by atoms with Crippen LogP contribution in [-0.2, 0) is 4.84 Å². The minimum absolute atomic E-state index is 0.292. The molecule has 0 aliphatic rings. The Hall–Kier alpha value is -1.16. The molecule has 1 aromatic carbocycles. The van der Waals surface area contributed by atoms with Crippen LogP contribution in [0.15, 0.2) is 53.4 Å². The van der Waals surface area contributed by atoms with Crippen molar-refractivity contribution in [2.45, 2.75) is 5.01 Å². The standard InChI is InChI=1S/C9H9BrN2O/c1-2-9(10)13-12-11-8-6-4-3-5-7-8/h2-7,9H,1H2. The summed E-state index contributed by atoms with van der Waals surface area (Å²) in [6.45, 7) is 3.51. The first-order valence-corrected chi connectivity index (χ1v) is 4.63. The second-order valence-electron chi connectivity index (χ2n) is 2.21. The summed E-state index contributed by atoms with van der Waals surface area (Å²) in [7, 11) is 0. The molecule has 0 saturated carbocycles. The van der Waals surface area contributed by atoms with Crippen LogP contribution in [0.4, 0.5) is 5.69 Å². The first-order chi connectivity index (χ1) is 6.33. The molecule has 0 heterocycles. The molecule has 0 aliphatic heterocycles. The van der Waals surface area contributed by atoms with E-state index in [4.69, 9.17) is 4.84 Å². The molecular weight excluding hydrogens is 232 g/mol. The van der Waals surface area contributed by atoms with Crippen LogP contribution in [-0.4, -0.2) is 5.01 Å². The first kappa shape index (κ1) is 9.92. The van der Waals surface area contributed by atoms with E-state index in [9.17, 15) is 0 Å². The van der Waals surface area contributed by atoms with Crippen LogP contribution in [0.3, 0.4) is 0 Å². The van der Waals surface area contributed by atoms with Gasteiger partial charge in [0.15, 0.2) is 0 Å². The lowest BCUT2D eigenvalue weighted by molar-refractivity contribution is 0.136. The zero-order valence-corrected chi connectivity index (χ0v) is 8.52. The summed E-state index contributed by atoms with van der Waals surface area (Å²) < 4.78 is 0. The monoisotopic (exact) mass is 240 g/mol. The Labute approximate surface area is 85.2 Å². The van der Waals surface area contributed by atoms with Crippen molar-refractivity contribution in [3.8, 4) is 0 Å². The molecule has 0 amide bonds. The third kappa shape index (κ3) is 3.85. The van der Waals surface area contributed by atoms with Crippen molar-refractivity contribution in [1.29, 1.82) is 0 Å². The van der Waals surface area contributed by atoms with Crippen LogP contribution in [0.25, 0.3) is 0 Å². The van der Waals surface area contributed by atoms with Crippen molar-refractivity contribution in [2.24, 2.45) is 10.4 Å². The number of hydrogen-bond acceptors (Lipinski definition) is 3. The Morgan fingerprint density at radius 1 is 1.38 bits per heavy atom. The van der Waals surface area contributed by atoms with Gasteiger partial charge in [-0.2, -0.15) is 0 Å². The number of rotatable bonds is 4. The highest BCUT2D eigenvalue weighted by Gasteiger charge is 1.94. The van der Waals surface area contributed by atoms with E-state index in [2.05, 4.69) is 32.9 Å². The lowest BCUT2D eigenvalue weighted by Crippen LogP contribution is -1.91. The number of halogens is 1. The lowest BCUT2D eigenvalue weighted by atomic mass is 10.3. The number of alkyl halides is 1. The average Bonchev–Trinajstić information content (AvgIpc) is 2.19. The minimum Gasteiger partial charge on any atom is -0.360 e. The van der Waals surface area contributed by atoms with Crippen LogP contribution in [0.5, 0.6) is 0 Å².